The molecule has 0 aromatic carbocycles. The topological polar surface area (TPSA) is 62.8 Å². The molecule has 0 spiro atoms. The van der Waals surface area contributed by atoms with Crippen LogP contribution in [-0.2, 0) is 9.84 Å². The summed E-state index contributed by atoms with van der Waals surface area (Å²) in [6.45, 7) is 5.55. The number of imidazole rings is 1. The first kappa shape index (κ1) is 12.6. The quantitative estimate of drug-likeness (QED) is 0.803. The predicted molar refractivity (Wildman–Crippen MR) is 63.1 cm³/mol. The van der Waals surface area contributed by atoms with Gasteiger partial charge < -0.3 is 4.98 Å². The van der Waals surface area contributed by atoms with Gasteiger partial charge in [0.25, 0.3) is 0 Å². The van der Waals surface area contributed by atoms with Crippen LogP contribution in [0.5, 0.6) is 0 Å². The number of H-pyrrole nitrogens is 1. The third-order valence-corrected chi connectivity index (χ3v) is 5.02. The fraction of sp³-hybridized carbons (Fsp3) is 0.667. The summed E-state index contributed by atoms with van der Waals surface area (Å²) < 4.78 is 22.4. The van der Waals surface area contributed by atoms with E-state index < -0.39 is 9.84 Å². The molecule has 0 radical (unpaired) electrons. The van der Waals surface area contributed by atoms with Crippen LogP contribution in [0, 0.1) is 13.8 Å². The zero-order valence-electron chi connectivity index (χ0n) is 9.20. The summed E-state index contributed by atoms with van der Waals surface area (Å²) in [7, 11) is -2.86. The summed E-state index contributed by atoms with van der Waals surface area (Å²) in [5.41, 5.74) is 2.01. The van der Waals surface area contributed by atoms with Crippen LogP contribution in [0.2, 0.25) is 0 Å². The largest absolute Gasteiger partial charge is 0.337 e. The van der Waals surface area contributed by atoms with E-state index in [-0.39, 0.29) is 11.5 Å². The van der Waals surface area contributed by atoms with Crippen molar-refractivity contribution < 1.29 is 8.42 Å². The minimum Gasteiger partial charge on any atom is -0.337 e. The second kappa shape index (κ2) is 5.03. The normalized spacial score (nSPS) is 11.9. The second-order valence-corrected chi connectivity index (χ2v) is 6.89. The van der Waals surface area contributed by atoms with Gasteiger partial charge in [0.05, 0.1) is 11.4 Å². The van der Waals surface area contributed by atoms with Crippen molar-refractivity contribution in [3.63, 3.8) is 0 Å². The Balaban J connectivity index is 2.45. The highest BCUT2D eigenvalue weighted by Crippen LogP contribution is 2.16. The Morgan fingerprint density at radius 3 is 2.53 bits per heavy atom. The molecule has 1 N–H and O–H groups in total. The van der Waals surface area contributed by atoms with E-state index in [1.165, 1.54) is 11.8 Å². The maximum Gasteiger partial charge on any atom is 0.165 e. The molecular formula is C9H16N2O2S2. The van der Waals surface area contributed by atoms with Gasteiger partial charge in [0, 0.05) is 17.2 Å². The number of aromatic nitrogens is 2. The molecule has 0 aliphatic carbocycles. The molecule has 0 unspecified atom stereocenters. The molecule has 0 atom stereocenters. The number of nitrogens with zero attached hydrogens (tertiary/aromatic N) is 1. The number of nitrogens with one attached hydrogen (secondary N) is 1. The minimum atomic E-state index is -2.86. The lowest BCUT2D eigenvalue weighted by Crippen LogP contribution is -2.10. The number of aromatic amines is 1. The SMILES string of the molecule is CCS(=O)(=O)CCSc1nc(C)c(C)[nH]1. The van der Waals surface area contributed by atoms with Crippen molar-refractivity contribution in [2.24, 2.45) is 0 Å². The molecule has 6 heteroatoms. The highest BCUT2D eigenvalue weighted by molar-refractivity contribution is 8.00. The molecule has 0 saturated heterocycles. The standard InChI is InChI=1S/C9H16N2O2S2/c1-4-15(12,13)6-5-14-9-10-7(2)8(3)11-9/h4-6H2,1-3H3,(H,10,11). The summed E-state index contributed by atoms with van der Waals surface area (Å²) in [6, 6.07) is 0. The van der Waals surface area contributed by atoms with Crippen LogP contribution in [0.15, 0.2) is 5.16 Å². The van der Waals surface area contributed by atoms with Crippen molar-refractivity contribution in [1.29, 1.82) is 0 Å². The molecule has 0 saturated carbocycles. The van der Waals surface area contributed by atoms with E-state index in [4.69, 9.17) is 0 Å². The van der Waals surface area contributed by atoms with Gasteiger partial charge in [0.15, 0.2) is 15.0 Å². The zero-order valence-corrected chi connectivity index (χ0v) is 10.8. The zero-order chi connectivity index (χ0) is 11.5. The molecular weight excluding hydrogens is 232 g/mol. The third-order valence-electron chi connectivity index (χ3n) is 2.18. The first-order chi connectivity index (χ1) is 6.94. The monoisotopic (exact) mass is 248 g/mol. The molecule has 1 aromatic rings. The molecule has 0 aliphatic heterocycles. The van der Waals surface area contributed by atoms with Crippen molar-refractivity contribution in [1.82, 2.24) is 9.97 Å². The summed E-state index contributed by atoms with van der Waals surface area (Å²) in [5.74, 6) is 0.985. The van der Waals surface area contributed by atoms with Crippen LogP contribution in [-0.4, -0.2) is 35.6 Å². The number of rotatable bonds is 5. The van der Waals surface area contributed by atoms with E-state index in [1.54, 1.807) is 6.92 Å². The highest BCUT2D eigenvalue weighted by Gasteiger charge is 2.08. The molecule has 0 aliphatic rings. The van der Waals surface area contributed by atoms with Crippen LogP contribution in [0.25, 0.3) is 0 Å². The Morgan fingerprint density at radius 1 is 1.40 bits per heavy atom. The maximum absolute atomic E-state index is 11.2. The van der Waals surface area contributed by atoms with Gasteiger partial charge in [-0.1, -0.05) is 18.7 Å². The van der Waals surface area contributed by atoms with Gasteiger partial charge >= 0.3 is 0 Å². The van der Waals surface area contributed by atoms with Crippen molar-refractivity contribution in [3.05, 3.63) is 11.4 Å². The molecule has 0 bridgehead atoms. The van der Waals surface area contributed by atoms with Gasteiger partial charge in [-0.2, -0.15) is 0 Å². The molecule has 1 aromatic heterocycles. The van der Waals surface area contributed by atoms with Gasteiger partial charge in [-0.05, 0) is 13.8 Å². The predicted octanol–water partition coefficient (Wildman–Crippen LogP) is 1.55. The number of thioether (sulfide) groups is 1. The molecule has 15 heavy (non-hydrogen) atoms. The van der Waals surface area contributed by atoms with Gasteiger partial charge in [0.2, 0.25) is 0 Å². The fourth-order valence-corrected chi connectivity index (χ4v) is 3.25. The Hall–Kier alpha value is -0.490. The van der Waals surface area contributed by atoms with E-state index in [0.29, 0.717) is 5.75 Å². The smallest absolute Gasteiger partial charge is 0.165 e. The van der Waals surface area contributed by atoms with E-state index in [9.17, 15) is 8.42 Å². The molecule has 1 rings (SSSR count). The van der Waals surface area contributed by atoms with Gasteiger partial charge in [-0.3, -0.25) is 0 Å². The van der Waals surface area contributed by atoms with Crippen LogP contribution in [0.4, 0.5) is 0 Å². The number of hydrogen-bond acceptors (Lipinski definition) is 4. The van der Waals surface area contributed by atoms with E-state index in [2.05, 4.69) is 9.97 Å². The number of sulfone groups is 1. The van der Waals surface area contributed by atoms with Crippen LogP contribution < -0.4 is 0 Å². The average Bonchev–Trinajstić information content (AvgIpc) is 2.46. The first-order valence-electron chi connectivity index (χ1n) is 4.81. The van der Waals surface area contributed by atoms with Gasteiger partial charge in [0.1, 0.15) is 0 Å². The van der Waals surface area contributed by atoms with Crippen molar-refractivity contribution >= 4 is 21.6 Å². The van der Waals surface area contributed by atoms with E-state index in [0.717, 1.165) is 16.5 Å². The number of hydrogen-bond donors (Lipinski definition) is 1. The Labute approximate surface area is 94.8 Å². The Bertz CT molecular complexity index is 404. The molecule has 0 fully saturated rings. The molecule has 0 amide bonds. The summed E-state index contributed by atoms with van der Waals surface area (Å²) >= 11 is 1.45. The van der Waals surface area contributed by atoms with Crippen molar-refractivity contribution in [2.75, 3.05) is 17.3 Å². The third kappa shape index (κ3) is 3.87. The highest BCUT2D eigenvalue weighted by atomic mass is 32.2. The van der Waals surface area contributed by atoms with Crippen LogP contribution in [0.1, 0.15) is 18.3 Å². The molecule has 86 valence electrons. The summed E-state index contributed by atoms with van der Waals surface area (Å²) in [4.78, 5) is 7.37. The van der Waals surface area contributed by atoms with Crippen molar-refractivity contribution in [3.8, 4) is 0 Å². The van der Waals surface area contributed by atoms with Crippen LogP contribution in [0.3, 0.4) is 0 Å². The lowest BCUT2D eigenvalue weighted by atomic mass is 10.4. The first-order valence-corrected chi connectivity index (χ1v) is 7.61. The van der Waals surface area contributed by atoms with Crippen LogP contribution >= 0.6 is 11.8 Å². The van der Waals surface area contributed by atoms with E-state index in [1.807, 2.05) is 13.8 Å². The summed E-state index contributed by atoms with van der Waals surface area (Å²) in [6.07, 6.45) is 0. The fourth-order valence-electron chi connectivity index (χ4n) is 0.993. The maximum atomic E-state index is 11.2. The lowest BCUT2D eigenvalue weighted by molar-refractivity contribution is 0.599. The van der Waals surface area contributed by atoms with Gasteiger partial charge in [-0.25, -0.2) is 13.4 Å². The molecule has 4 nitrogen and oxygen atoms in total. The molecule has 1 heterocycles. The number of aryl methyl sites for hydroxylation is 2. The second-order valence-electron chi connectivity index (χ2n) is 3.34. The Kier molecular flexibility index (Phi) is 4.21. The van der Waals surface area contributed by atoms with Gasteiger partial charge in [-0.15, -0.1) is 0 Å². The summed E-state index contributed by atoms with van der Waals surface area (Å²) in [5, 5.41) is 0.802. The average molecular weight is 248 g/mol. The lowest BCUT2D eigenvalue weighted by Gasteiger charge is -1.98. The minimum absolute atomic E-state index is 0.212. The van der Waals surface area contributed by atoms with Crippen molar-refractivity contribution in [2.45, 2.75) is 25.9 Å². The Morgan fingerprint density at radius 2 is 2.07 bits per heavy atom. The van der Waals surface area contributed by atoms with E-state index >= 15 is 0 Å².